The molecule has 0 saturated heterocycles. The number of hydrogen-bond donors (Lipinski definition) is 2. The molecule has 0 aromatic heterocycles. The van der Waals surface area contributed by atoms with Crippen molar-refractivity contribution < 1.29 is 10.0 Å². The van der Waals surface area contributed by atoms with Crippen LogP contribution in [0.4, 0.5) is 0 Å². The normalized spacial score (nSPS) is 2.80. The second kappa shape index (κ2) is 22.4. The topological polar surface area (TPSA) is 40.5 Å². The Balaban J connectivity index is -0.0000000200. The highest BCUT2D eigenvalue weighted by molar-refractivity contribution is 7.59. The summed E-state index contributed by atoms with van der Waals surface area (Å²) in [5.41, 5.74) is 0. The van der Waals surface area contributed by atoms with E-state index >= 15 is 0 Å². The van der Waals surface area contributed by atoms with Crippen LogP contribution in [0, 0.1) is 0 Å². The van der Waals surface area contributed by atoms with E-state index < -0.39 is 0 Å². The van der Waals surface area contributed by atoms with E-state index in [4.69, 9.17) is 10.0 Å². The minimum Gasteiger partial charge on any atom is -0.429 e. The van der Waals surface area contributed by atoms with Gasteiger partial charge in [0, 0.05) is 0 Å². The quantitative estimate of drug-likeness (QED) is 0.384. The lowest BCUT2D eigenvalue weighted by molar-refractivity contribution is 0.448. The summed E-state index contributed by atoms with van der Waals surface area (Å²) in [5, 5.41) is 14.0. The maximum Gasteiger partial charge on any atom is 0.482 e. The van der Waals surface area contributed by atoms with Crippen LogP contribution in [0.1, 0.15) is 0 Å². The molecule has 0 aromatic rings. The lowest BCUT2D eigenvalue weighted by Gasteiger charge is -1.46. The highest BCUT2D eigenvalue weighted by Crippen LogP contribution is 1.08. The molecule has 0 unspecified atom stereocenters. The summed E-state index contributed by atoms with van der Waals surface area (Å²) in [5.74, 6) is 0. The Kier molecular flexibility index (Phi) is 77.6. The van der Waals surface area contributed by atoms with Crippen LogP contribution < -0.4 is 0 Å². The third-order valence-electron chi connectivity index (χ3n) is 0. The minimum atomic E-state index is 0. The lowest BCUT2D eigenvalue weighted by Crippen LogP contribution is -1.75. The third kappa shape index (κ3) is 72.0. The molecule has 2 N–H and O–H groups in total. The van der Waals surface area contributed by atoms with Gasteiger partial charge in [-0.2, -0.15) is 27.0 Å². The van der Waals surface area contributed by atoms with E-state index in [1.807, 2.05) is 0 Å². The molecule has 0 saturated carbocycles. The predicted molar refractivity (Wildman–Crippen MR) is 31.0 cm³/mol. The average molecular weight is 113 g/mol. The molecule has 0 bridgehead atoms. The van der Waals surface area contributed by atoms with E-state index in [1.54, 1.807) is 0 Å². The van der Waals surface area contributed by atoms with Crippen molar-refractivity contribution in [2.45, 2.75) is 0 Å². The number of rotatable bonds is 0. The van der Waals surface area contributed by atoms with Gasteiger partial charge >= 0.3 is 7.69 Å². The molecule has 0 spiro atoms. The molecule has 0 rings (SSSR count). The van der Waals surface area contributed by atoms with Gasteiger partial charge in [-0.05, 0) is 0 Å². The molecule has 5 heteroatoms. The lowest BCUT2D eigenvalue weighted by atomic mass is 10.5. The first-order chi connectivity index (χ1) is 1.41. The van der Waals surface area contributed by atoms with Crippen molar-refractivity contribution in [1.29, 1.82) is 0 Å². The van der Waals surface area contributed by atoms with Gasteiger partial charge < -0.3 is 10.0 Å². The summed E-state index contributed by atoms with van der Waals surface area (Å²) in [6.07, 6.45) is 0. The Morgan fingerprint density at radius 3 is 1.00 bits per heavy atom. The standard InChI is InChI=1S/BH2O2.2H2S/c2-1-3;;/h2-3H;2*1H2. The van der Waals surface area contributed by atoms with E-state index in [9.17, 15) is 0 Å². The highest BCUT2D eigenvalue weighted by atomic mass is 32.1. The molecule has 33 valence electrons. The van der Waals surface area contributed by atoms with Crippen LogP contribution in [0.3, 0.4) is 0 Å². The monoisotopic (exact) mass is 113 g/mol. The van der Waals surface area contributed by atoms with E-state index in [-0.39, 0.29) is 34.7 Å². The van der Waals surface area contributed by atoms with Crippen LogP contribution in [0.5, 0.6) is 0 Å². The van der Waals surface area contributed by atoms with Crippen LogP contribution in [0.15, 0.2) is 0 Å². The van der Waals surface area contributed by atoms with Crippen LogP contribution in [0.25, 0.3) is 0 Å². The van der Waals surface area contributed by atoms with Crippen LogP contribution in [-0.2, 0) is 0 Å². The fourth-order valence-electron chi connectivity index (χ4n) is 0. The van der Waals surface area contributed by atoms with Gasteiger partial charge in [-0.25, -0.2) is 0 Å². The second-order valence-electron chi connectivity index (χ2n) is 0.115. The van der Waals surface area contributed by atoms with Gasteiger partial charge in [0.2, 0.25) is 0 Å². The molecule has 0 fully saturated rings. The Bertz CT molecular complexity index is 7.61. The summed E-state index contributed by atoms with van der Waals surface area (Å²) in [7, 11) is 0. The molecule has 0 aliphatic heterocycles. The molecular weight excluding hydrogens is 107 g/mol. The summed E-state index contributed by atoms with van der Waals surface area (Å²) in [6.45, 7) is 0. The van der Waals surface area contributed by atoms with Crippen molar-refractivity contribution in [3.05, 3.63) is 0 Å². The first-order valence-electron chi connectivity index (χ1n) is 0.516. The van der Waals surface area contributed by atoms with Gasteiger partial charge in [0.05, 0.1) is 0 Å². The van der Waals surface area contributed by atoms with Gasteiger partial charge in [-0.3, -0.25) is 0 Å². The molecule has 0 aliphatic rings. The van der Waals surface area contributed by atoms with Crippen LogP contribution in [-0.4, -0.2) is 17.7 Å². The van der Waals surface area contributed by atoms with E-state index in [2.05, 4.69) is 0 Å². The zero-order valence-electron chi connectivity index (χ0n) is 2.47. The summed E-state index contributed by atoms with van der Waals surface area (Å²) >= 11 is 0. The van der Waals surface area contributed by atoms with E-state index in [0.717, 1.165) is 0 Å². The zero-order chi connectivity index (χ0) is 2.71. The first kappa shape index (κ1) is 17.3. The predicted octanol–water partition coefficient (Wildman–Crippen LogP) is -1.27. The molecule has 0 amide bonds. The maximum absolute atomic E-state index is 7.00. The smallest absolute Gasteiger partial charge is 0.429 e. The molecule has 2 nitrogen and oxygen atoms in total. The Morgan fingerprint density at radius 1 is 1.00 bits per heavy atom. The Morgan fingerprint density at radius 2 is 1.00 bits per heavy atom. The van der Waals surface area contributed by atoms with E-state index in [1.165, 1.54) is 0 Å². The molecule has 0 heterocycles. The molecule has 1 radical (unpaired) electrons. The van der Waals surface area contributed by atoms with Crippen molar-refractivity contribution in [2.75, 3.05) is 0 Å². The SMILES string of the molecule is O[B]O.S.S. The first-order valence-corrected chi connectivity index (χ1v) is 0.516. The third-order valence-corrected chi connectivity index (χ3v) is 0. The van der Waals surface area contributed by atoms with Gasteiger partial charge in [0.15, 0.2) is 0 Å². The second-order valence-corrected chi connectivity index (χ2v) is 0.115. The fourth-order valence-corrected chi connectivity index (χ4v) is 0. The average Bonchev–Trinajstić information content (AvgIpc) is 0.918. The van der Waals surface area contributed by atoms with Crippen molar-refractivity contribution in [3.8, 4) is 0 Å². The van der Waals surface area contributed by atoms with Gasteiger partial charge in [0.25, 0.3) is 0 Å². The van der Waals surface area contributed by atoms with Gasteiger partial charge in [-0.1, -0.05) is 0 Å². The Labute approximate surface area is 45.4 Å². The fraction of sp³-hybridized carbons (Fsp3) is 0. The summed E-state index contributed by atoms with van der Waals surface area (Å²) in [4.78, 5) is 0. The largest absolute Gasteiger partial charge is 0.482 e. The molecule has 0 aromatic carbocycles. The van der Waals surface area contributed by atoms with Crippen molar-refractivity contribution in [1.82, 2.24) is 0 Å². The number of hydrogen-bond acceptors (Lipinski definition) is 2. The van der Waals surface area contributed by atoms with Gasteiger partial charge in [0.1, 0.15) is 0 Å². The van der Waals surface area contributed by atoms with E-state index in [0.29, 0.717) is 0 Å². The van der Waals surface area contributed by atoms with Gasteiger partial charge in [-0.15, -0.1) is 0 Å². The summed E-state index contributed by atoms with van der Waals surface area (Å²) < 4.78 is 0. The molecule has 0 atom stereocenters. The molecule has 5 heavy (non-hydrogen) atoms. The molecular formula is H6BO2S2. The highest BCUT2D eigenvalue weighted by Gasteiger charge is 1.51. The van der Waals surface area contributed by atoms with Crippen molar-refractivity contribution in [3.63, 3.8) is 0 Å². The molecule has 0 aliphatic carbocycles. The maximum atomic E-state index is 7.00. The Hall–Kier alpha value is 0.685. The zero-order valence-corrected chi connectivity index (χ0v) is 4.47. The minimum absolute atomic E-state index is 0. The summed E-state index contributed by atoms with van der Waals surface area (Å²) in [6, 6.07) is 0. The van der Waals surface area contributed by atoms with Crippen LogP contribution >= 0.6 is 27.0 Å². The van der Waals surface area contributed by atoms with Crippen LogP contribution in [0.2, 0.25) is 0 Å². The van der Waals surface area contributed by atoms with Crippen molar-refractivity contribution in [2.24, 2.45) is 0 Å². The van der Waals surface area contributed by atoms with Crippen molar-refractivity contribution >= 4 is 34.7 Å².